The molecule has 2 heterocycles. The number of carbonyl (C=O) groups is 1. The Bertz CT molecular complexity index is 933. The quantitative estimate of drug-likeness (QED) is 0.779. The second-order valence-electron chi connectivity index (χ2n) is 7.60. The van der Waals surface area contributed by atoms with Gasteiger partial charge in [-0.2, -0.15) is 4.98 Å². The van der Waals surface area contributed by atoms with E-state index >= 15 is 0 Å². The van der Waals surface area contributed by atoms with Crippen LogP contribution in [0.3, 0.4) is 0 Å². The molecule has 9 heteroatoms. The zero-order valence-corrected chi connectivity index (χ0v) is 17.1. The molecule has 2 aliphatic rings. The van der Waals surface area contributed by atoms with Crippen molar-refractivity contribution in [2.45, 2.75) is 51.3 Å². The van der Waals surface area contributed by atoms with Gasteiger partial charge in [0.05, 0.1) is 25.4 Å². The molecule has 0 radical (unpaired) electrons. The number of hydrogen-bond acceptors (Lipinski definition) is 6. The number of urea groups is 1. The van der Waals surface area contributed by atoms with E-state index in [1.807, 2.05) is 6.92 Å². The van der Waals surface area contributed by atoms with E-state index in [1.54, 1.807) is 18.3 Å². The molecule has 4 rings (SSSR count). The lowest BCUT2D eigenvalue weighted by Gasteiger charge is -2.36. The summed E-state index contributed by atoms with van der Waals surface area (Å²) in [6, 6.07) is 4.58. The van der Waals surface area contributed by atoms with Crippen LogP contribution in [-0.4, -0.2) is 46.9 Å². The third-order valence-electron chi connectivity index (χ3n) is 5.69. The molecule has 1 aromatic carbocycles. The lowest BCUT2D eigenvalue weighted by molar-refractivity contribution is 0.126. The Balaban J connectivity index is 1.61. The zero-order chi connectivity index (χ0) is 21.3. The molecular formula is C21H26FN5O3. The summed E-state index contributed by atoms with van der Waals surface area (Å²) in [7, 11) is 1.39. The highest BCUT2D eigenvalue weighted by atomic mass is 19.1. The number of carbonyl (C=O) groups excluding carboxylic acids is 1. The molecule has 1 aromatic heterocycles. The van der Waals surface area contributed by atoms with Crippen molar-refractivity contribution in [1.29, 1.82) is 0 Å². The predicted molar refractivity (Wildman–Crippen MR) is 111 cm³/mol. The number of aliphatic hydroxyl groups excluding tert-OH is 1. The van der Waals surface area contributed by atoms with Crippen LogP contribution in [0.4, 0.5) is 26.6 Å². The van der Waals surface area contributed by atoms with Gasteiger partial charge in [0.2, 0.25) is 5.95 Å². The van der Waals surface area contributed by atoms with E-state index in [0.717, 1.165) is 31.2 Å². The summed E-state index contributed by atoms with van der Waals surface area (Å²) < 4.78 is 19.8. The predicted octanol–water partition coefficient (Wildman–Crippen LogP) is 3.31. The van der Waals surface area contributed by atoms with Crippen molar-refractivity contribution in [2.24, 2.45) is 0 Å². The molecule has 8 nitrogen and oxygen atoms in total. The van der Waals surface area contributed by atoms with E-state index in [-0.39, 0.29) is 36.2 Å². The van der Waals surface area contributed by atoms with Gasteiger partial charge in [-0.15, -0.1) is 0 Å². The van der Waals surface area contributed by atoms with Crippen LogP contribution in [0.1, 0.15) is 38.2 Å². The fourth-order valence-corrected chi connectivity index (χ4v) is 4.03. The van der Waals surface area contributed by atoms with Gasteiger partial charge in [-0.3, -0.25) is 9.80 Å². The van der Waals surface area contributed by atoms with Gasteiger partial charge in [-0.25, -0.2) is 14.2 Å². The third-order valence-corrected chi connectivity index (χ3v) is 5.69. The van der Waals surface area contributed by atoms with E-state index < -0.39 is 5.82 Å². The summed E-state index contributed by atoms with van der Waals surface area (Å²) in [5, 5.41) is 13.0. The lowest BCUT2D eigenvalue weighted by atomic mass is 9.93. The summed E-state index contributed by atoms with van der Waals surface area (Å²) in [4.78, 5) is 25.0. The van der Waals surface area contributed by atoms with Gasteiger partial charge in [0, 0.05) is 24.3 Å². The topological polar surface area (TPSA) is 90.8 Å². The van der Waals surface area contributed by atoms with Crippen LogP contribution in [0.2, 0.25) is 0 Å². The Morgan fingerprint density at radius 2 is 2.07 bits per heavy atom. The Hall–Kier alpha value is -2.94. The number of hydrogen-bond donors (Lipinski definition) is 2. The minimum atomic E-state index is -0.577. The average molecular weight is 415 g/mol. The van der Waals surface area contributed by atoms with Crippen LogP contribution >= 0.6 is 0 Å². The summed E-state index contributed by atoms with van der Waals surface area (Å²) in [6.45, 7) is 2.41. The van der Waals surface area contributed by atoms with Crippen molar-refractivity contribution in [3.8, 4) is 5.75 Å². The fraction of sp³-hybridized carbons (Fsp3) is 0.476. The molecule has 0 unspecified atom stereocenters. The number of halogens is 1. The summed E-state index contributed by atoms with van der Waals surface area (Å²) >= 11 is 0. The number of nitrogens with zero attached hydrogens (tertiary/aromatic N) is 4. The normalized spacial score (nSPS) is 21.4. The maximum absolute atomic E-state index is 14.8. The molecule has 1 saturated carbocycles. The molecule has 2 aromatic rings. The minimum Gasteiger partial charge on any atom is -0.494 e. The Kier molecular flexibility index (Phi) is 5.72. The van der Waals surface area contributed by atoms with E-state index in [2.05, 4.69) is 15.3 Å². The van der Waals surface area contributed by atoms with Crippen molar-refractivity contribution >= 4 is 23.5 Å². The van der Waals surface area contributed by atoms with Crippen LogP contribution < -0.4 is 19.9 Å². The summed E-state index contributed by atoms with van der Waals surface area (Å²) in [5.74, 6) is 0.506. The summed E-state index contributed by atoms with van der Waals surface area (Å²) in [5.41, 5.74) is 0.898. The van der Waals surface area contributed by atoms with Gasteiger partial charge < -0.3 is 15.2 Å². The molecule has 30 heavy (non-hydrogen) atoms. The van der Waals surface area contributed by atoms with E-state index in [4.69, 9.17) is 4.74 Å². The van der Waals surface area contributed by atoms with Crippen LogP contribution in [0.5, 0.6) is 5.75 Å². The number of methoxy groups -OCH3 is 1. The van der Waals surface area contributed by atoms with Crippen LogP contribution in [0, 0.1) is 5.82 Å². The minimum absolute atomic E-state index is 0.0857. The number of aromatic nitrogens is 2. The maximum atomic E-state index is 14.8. The first kappa shape index (κ1) is 20.3. The molecule has 2 amide bonds. The largest absolute Gasteiger partial charge is 0.494 e. The SMILES string of the molecule is CCN1C(=O)N(c2cccc(OC)c2F)Cc2cnc(NC3CCC(O)CC3)nc21. The smallest absolute Gasteiger partial charge is 0.330 e. The van der Waals surface area contributed by atoms with E-state index in [0.29, 0.717) is 18.3 Å². The molecule has 160 valence electrons. The maximum Gasteiger partial charge on any atom is 0.330 e. The molecule has 0 saturated heterocycles. The molecule has 2 N–H and O–H groups in total. The molecule has 1 aliphatic carbocycles. The standard InChI is InChI=1S/C21H26FN5O3/c1-3-26-19-13(11-23-20(25-19)24-14-7-9-15(28)10-8-14)12-27(21(26)29)16-5-4-6-17(30-2)18(16)22/h4-6,11,14-15,28H,3,7-10,12H2,1-2H3,(H,23,24,25). The first-order chi connectivity index (χ1) is 14.5. The van der Waals surface area contributed by atoms with Crippen molar-refractivity contribution in [1.82, 2.24) is 9.97 Å². The van der Waals surface area contributed by atoms with E-state index in [1.165, 1.54) is 23.0 Å². The van der Waals surface area contributed by atoms with E-state index in [9.17, 15) is 14.3 Å². The number of fused-ring (bicyclic) bond motifs is 1. The molecule has 0 bridgehead atoms. The Labute approximate surface area is 174 Å². The number of ether oxygens (including phenoxy) is 1. The average Bonchev–Trinajstić information content (AvgIpc) is 2.75. The highest BCUT2D eigenvalue weighted by Gasteiger charge is 2.34. The van der Waals surface area contributed by atoms with Gasteiger partial charge in [-0.05, 0) is 44.7 Å². The van der Waals surface area contributed by atoms with Gasteiger partial charge in [-0.1, -0.05) is 6.07 Å². The van der Waals surface area contributed by atoms with Gasteiger partial charge in [0.25, 0.3) is 0 Å². The molecule has 0 spiro atoms. The number of nitrogens with one attached hydrogen (secondary N) is 1. The second-order valence-corrected chi connectivity index (χ2v) is 7.60. The van der Waals surface area contributed by atoms with Crippen molar-refractivity contribution in [2.75, 3.05) is 28.8 Å². The highest BCUT2D eigenvalue weighted by Crippen LogP contribution is 2.34. The lowest BCUT2D eigenvalue weighted by Crippen LogP contribution is -2.48. The number of amides is 2. The molecule has 0 atom stereocenters. The van der Waals surface area contributed by atoms with Crippen LogP contribution in [0.25, 0.3) is 0 Å². The zero-order valence-electron chi connectivity index (χ0n) is 17.1. The Morgan fingerprint density at radius 1 is 1.30 bits per heavy atom. The van der Waals surface area contributed by atoms with Crippen molar-refractivity contribution < 1.29 is 19.0 Å². The van der Waals surface area contributed by atoms with Crippen molar-refractivity contribution in [3.63, 3.8) is 0 Å². The van der Waals surface area contributed by atoms with Gasteiger partial charge in [0.15, 0.2) is 11.6 Å². The number of aliphatic hydroxyl groups is 1. The van der Waals surface area contributed by atoms with Crippen LogP contribution in [0.15, 0.2) is 24.4 Å². The first-order valence-corrected chi connectivity index (χ1v) is 10.2. The van der Waals surface area contributed by atoms with Crippen LogP contribution in [-0.2, 0) is 6.54 Å². The molecular weight excluding hydrogens is 389 g/mol. The summed E-state index contributed by atoms with van der Waals surface area (Å²) in [6.07, 6.45) is 4.65. The first-order valence-electron chi connectivity index (χ1n) is 10.2. The third kappa shape index (κ3) is 3.77. The highest BCUT2D eigenvalue weighted by molar-refractivity contribution is 6.05. The number of benzene rings is 1. The van der Waals surface area contributed by atoms with Gasteiger partial charge in [0.1, 0.15) is 5.82 Å². The Morgan fingerprint density at radius 3 is 2.77 bits per heavy atom. The molecule has 1 fully saturated rings. The van der Waals surface area contributed by atoms with Crippen molar-refractivity contribution in [3.05, 3.63) is 35.8 Å². The molecule has 1 aliphatic heterocycles. The fourth-order valence-electron chi connectivity index (χ4n) is 4.03. The van der Waals surface area contributed by atoms with Gasteiger partial charge >= 0.3 is 6.03 Å². The number of rotatable bonds is 5. The number of anilines is 3. The monoisotopic (exact) mass is 415 g/mol. The second kappa shape index (κ2) is 8.43.